The minimum Gasteiger partial charge on any atom is -0.351 e. The third-order valence-electron chi connectivity index (χ3n) is 4.72. The van der Waals surface area contributed by atoms with E-state index in [2.05, 4.69) is 10.2 Å². The first kappa shape index (κ1) is 22.2. The summed E-state index contributed by atoms with van der Waals surface area (Å²) in [5, 5.41) is 4.43. The fourth-order valence-electron chi connectivity index (χ4n) is 3.05. The zero-order valence-electron chi connectivity index (χ0n) is 15.4. The van der Waals surface area contributed by atoms with Crippen LogP contribution in [-0.4, -0.2) is 60.9 Å². The number of nitrogens with zero attached hydrogens (tertiary/aromatic N) is 2. The molecule has 0 bridgehead atoms. The summed E-state index contributed by atoms with van der Waals surface area (Å²) in [5.74, 6) is -0.256. The van der Waals surface area contributed by atoms with Crippen molar-refractivity contribution in [1.29, 1.82) is 0 Å². The number of carbonyl (C=O) groups is 2. The summed E-state index contributed by atoms with van der Waals surface area (Å²) in [4.78, 5) is 28.8. The van der Waals surface area contributed by atoms with Crippen LogP contribution in [0.2, 0.25) is 20.1 Å². The van der Waals surface area contributed by atoms with Crippen molar-refractivity contribution in [3.63, 3.8) is 0 Å². The molecule has 1 aliphatic heterocycles. The molecular weight excluding hydrogens is 456 g/mol. The summed E-state index contributed by atoms with van der Waals surface area (Å²) in [6, 6.07) is 9.69. The van der Waals surface area contributed by atoms with Crippen molar-refractivity contribution < 1.29 is 9.59 Å². The van der Waals surface area contributed by atoms with E-state index < -0.39 is 0 Å². The Balaban J connectivity index is 1.43. The smallest absolute Gasteiger partial charge is 0.253 e. The molecule has 1 aliphatic rings. The number of carbonyl (C=O) groups excluding carboxylic acids is 2. The summed E-state index contributed by atoms with van der Waals surface area (Å²) < 4.78 is 0. The number of amides is 2. The van der Waals surface area contributed by atoms with E-state index in [1.165, 1.54) is 0 Å². The molecule has 3 rings (SSSR count). The third kappa shape index (κ3) is 5.77. The van der Waals surface area contributed by atoms with Gasteiger partial charge in [0.2, 0.25) is 0 Å². The highest BCUT2D eigenvalue weighted by molar-refractivity contribution is 6.42. The molecule has 1 heterocycles. The van der Waals surface area contributed by atoms with Gasteiger partial charge in [0, 0.05) is 50.4 Å². The van der Waals surface area contributed by atoms with E-state index in [1.54, 1.807) is 41.3 Å². The van der Waals surface area contributed by atoms with E-state index in [0.717, 1.165) is 13.1 Å². The van der Waals surface area contributed by atoms with Crippen molar-refractivity contribution in [3.05, 3.63) is 67.6 Å². The number of benzene rings is 2. The number of nitrogens with one attached hydrogen (secondary N) is 1. The molecule has 1 saturated heterocycles. The second-order valence-corrected chi connectivity index (χ2v) is 8.28. The van der Waals surface area contributed by atoms with Gasteiger partial charge in [-0.25, -0.2) is 0 Å². The van der Waals surface area contributed by atoms with Gasteiger partial charge in [-0.2, -0.15) is 0 Å². The fourth-order valence-corrected chi connectivity index (χ4v) is 3.65. The molecule has 154 valence electrons. The molecule has 2 aromatic carbocycles. The lowest BCUT2D eigenvalue weighted by Crippen LogP contribution is -2.50. The molecule has 2 aromatic rings. The van der Waals surface area contributed by atoms with Gasteiger partial charge in [0.1, 0.15) is 0 Å². The molecule has 0 radical (unpaired) electrons. The molecule has 9 heteroatoms. The van der Waals surface area contributed by atoms with Crippen LogP contribution in [0.3, 0.4) is 0 Å². The predicted molar refractivity (Wildman–Crippen MR) is 118 cm³/mol. The lowest BCUT2D eigenvalue weighted by atomic mass is 10.2. The highest BCUT2D eigenvalue weighted by atomic mass is 35.5. The quantitative estimate of drug-likeness (QED) is 0.694. The van der Waals surface area contributed by atoms with Crippen LogP contribution in [0.25, 0.3) is 0 Å². The van der Waals surface area contributed by atoms with Gasteiger partial charge in [-0.1, -0.05) is 46.4 Å². The Bertz CT molecular complexity index is 912. The largest absolute Gasteiger partial charge is 0.351 e. The summed E-state index contributed by atoms with van der Waals surface area (Å²) in [6.45, 7) is 3.88. The predicted octanol–water partition coefficient (Wildman–Crippen LogP) is 4.49. The normalized spacial score (nSPS) is 14.7. The van der Waals surface area contributed by atoms with Crippen LogP contribution in [0.4, 0.5) is 0 Å². The maximum Gasteiger partial charge on any atom is 0.253 e. The number of rotatable bonds is 5. The van der Waals surface area contributed by atoms with E-state index in [-0.39, 0.29) is 11.8 Å². The van der Waals surface area contributed by atoms with Gasteiger partial charge in [-0.05, 0) is 36.4 Å². The van der Waals surface area contributed by atoms with Crippen LogP contribution in [0.5, 0.6) is 0 Å². The van der Waals surface area contributed by atoms with E-state index in [0.29, 0.717) is 57.4 Å². The van der Waals surface area contributed by atoms with Crippen LogP contribution in [-0.2, 0) is 0 Å². The molecule has 5 nitrogen and oxygen atoms in total. The zero-order valence-corrected chi connectivity index (χ0v) is 18.5. The number of hydrogen-bond donors (Lipinski definition) is 1. The average molecular weight is 475 g/mol. The summed E-state index contributed by atoms with van der Waals surface area (Å²) >= 11 is 23.7. The topological polar surface area (TPSA) is 52.7 Å². The van der Waals surface area contributed by atoms with E-state index in [9.17, 15) is 9.59 Å². The highest BCUT2D eigenvalue weighted by Gasteiger charge is 2.22. The molecule has 1 N–H and O–H groups in total. The Kier molecular flexibility index (Phi) is 7.66. The van der Waals surface area contributed by atoms with Crippen LogP contribution in [0.15, 0.2) is 36.4 Å². The highest BCUT2D eigenvalue weighted by Crippen LogP contribution is 2.24. The second-order valence-electron chi connectivity index (χ2n) is 6.65. The Labute approximate surface area is 189 Å². The molecule has 0 saturated carbocycles. The molecule has 0 spiro atoms. The molecule has 0 unspecified atom stereocenters. The lowest BCUT2D eigenvalue weighted by Gasteiger charge is -2.34. The Morgan fingerprint density at radius 3 is 1.93 bits per heavy atom. The van der Waals surface area contributed by atoms with Crippen LogP contribution in [0.1, 0.15) is 20.7 Å². The zero-order chi connectivity index (χ0) is 21.0. The third-order valence-corrected chi connectivity index (χ3v) is 6.20. The molecular formula is C20H19Cl4N3O2. The first-order valence-electron chi connectivity index (χ1n) is 9.05. The summed E-state index contributed by atoms with van der Waals surface area (Å²) in [5.41, 5.74) is 0.998. The van der Waals surface area contributed by atoms with Gasteiger partial charge in [0.05, 0.1) is 20.1 Å². The van der Waals surface area contributed by atoms with Crippen molar-refractivity contribution in [2.45, 2.75) is 0 Å². The van der Waals surface area contributed by atoms with Gasteiger partial charge in [0.15, 0.2) is 0 Å². The van der Waals surface area contributed by atoms with E-state index in [1.807, 2.05) is 0 Å². The van der Waals surface area contributed by atoms with E-state index >= 15 is 0 Å². The first-order valence-corrected chi connectivity index (χ1v) is 10.6. The van der Waals surface area contributed by atoms with Gasteiger partial charge in [0.25, 0.3) is 11.8 Å². The van der Waals surface area contributed by atoms with Crippen molar-refractivity contribution in [2.75, 3.05) is 39.3 Å². The van der Waals surface area contributed by atoms with Gasteiger partial charge in [-0.15, -0.1) is 0 Å². The van der Waals surface area contributed by atoms with Crippen LogP contribution in [0, 0.1) is 0 Å². The molecule has 29 heavy (non-hydrogen) atoms. The minimum atomic E-state index is -0.197. The SMILES string of the molecule is O=C(NCCN1CCN(C(=O)c2ccc(Cl)c(Cl)c2)CC1)c1ccc(Cl)c(Cl)c1. The Morgan fingerprint density at radius 2 is 1.34 bits per heavy atom. The Hall–Kier alpha value is -1.50. The van der Waals surface area contributed by atoms with Gasteiger partial charge < -0.3 is 10.2 Å². The monoisotopic (exact) mass is 473 g/mol. The van der Waals surface area contributed by atoms with Crippen molar-refractivity contribution in [1.82, 2.24) is 15.1 Å². The number of piperazine rings is 1. The van der Waals surface area contributed by atoms with Crippen LogP contribution < -0.4 is 5.32 Å². The second kappa shape index (κ2) is 10.0. The minimum absolute atomic E-state index is 0.0591. The summed E-state index contributed by atoms with van der Waals surface area (Å²) in [6.07, 6.45) is 0. The molecule has 1 fully saturated rings. The lowest BCUT2D eigenvalue weighted by molar-refractivity contribution is 0.0638. The number of halogens is 4. The van der Waals surface area contributed by atoms with Gasteiger partial charge in [-0.3, -0.25) is 14.5 Å². The molecule has 0 aliphatic carbocycles. The maximum absolute atomic E-state index is 12.6. The summed E-state index contributed by atoms with van der Waals surface area (Å²) in [7, 11) is 0. The molecule has 0 aromatic heterocycles. The fraction of sp³-hybridized carbons (Fsp3) is 0.300. The average Bonchev–Trinajstić information content (AvgIpc) is 2.72. The number of hydrogen-bond acceptors (Lipinski definition) is 3. The molecule has 0 atom stereocenters. The maximum atomic E-state index is 12.6. The Morgan fingerprint density at radius 1 is 0.793 bits per heavy atom. The van der Waals surface area contributed by atoms with Crippen molar-refractivity contribution >= 4 is 58.2 Å². The van der Waals surface area contributed by atoms with Crippen molar-refractivity contribution in [2.24, 2.45) is 0 Å². The standard InChI is InChI=1S/C20H19Cl4N3O2/c21-15-3-1-13(11-17(15)23)19(28)25-5-6-26-7-9-27(10-8-26)20(29)14-2-4-16(22)18(24)12-14/h1-4,11-12H,5-10H2,(H,25,28). The van der Waals surface area contributed by atoms with E-state index in [4.69, 9.17) is 46.4 Å². The van der Waals surface area contributed by atoms with Crippen molar-refractivity contribution in [3.8, 4) is 0 Å². The first-order chi connectivity index (χ1) is 13.8. The molecule has 2 amide bonds. The van der Waals surface area contributed by atoms with Gasteiger partial charge >= 0.3 is 0 Å². The van der Waals surface area contributed by atoms with Crippen LogP contribution >= 0.6 is 46.4 Å².